The molecule has 2 rings (SSSR count). The van der Waals surface area contributed by atoms with Gasteiger partial charge in [-0.2, -0.15) is 0 Å². The van der Waals surface area contributed by atoms with Crippen molar-refractivity contribution < 1.29 is 23.9 Å². The molecule has 1 saturated heterocycles. The Kier molecular flexibility index (Phi) is 6.97. The second-order valence-electron chi connectivity index (χ2n) is 5.66. The number of imide groups is 1. The monoisotopic (exact) mass is 376 g/mol. The van der Waals surface area contributed by atoms with E-state index in [0.717, 1.165) is 27.8 Å². The Bertz CT molecular complexity index is 731. The summed E-state index contributed by atoms with van der Waals surface area (Å²) in [6.45, 7) is 3.59. The molecular weight excluding hydrogens is 356 g/mol. The largest absolute Gasteiger partial charge is 0.449 e. The highest BCUT2D eigenvalue weighted by molar-refractivity contribution is 8.14. The summed E-state index contributed by atoms with van der Waals surface area (Å²) in [5, 5.41) is 2.23. The number of carbonyl (C=O) groups is 4. The van der Waals surface area contributed by atoms with Crippen LogP contribution >= 0.6 is 11.8 Å². The minimum absolute atomic E-state index is 0.101. The molecule has 0 saturated carbocycles. The van der Waals surface area contributed by atoms with Gasteiger partial charge < -0.3 is 10.1 Å². The second-order valence-corrected chi connectivity index (χ2v) is 6.59. The van der Waals surface area contributed by atoms with Crippen molar-refractivity contribution in [2.24, 2.45) is 0 Å². The smallest absolute Gasteiger partial charge is 0.331 e. The molecule has 0 bridgehead atoms. The highest BCUT2D eigenvalue weighted by Crippen LogP contribution is 2.17. The van der Waals surface area contributed by atoms with E-state index in [-0.39, 0.29) is 30.0 Å². The van der Waals surface area contributed by atoms with Gasteiger partial charge in [0.1, 0.15) is 0 Å². The summed E-state index contributed by atoms with van der Waals surface area (Å²) in [7, 11) is 0. The molecule has 1 aliphatic heterocycles. The van der Waals surface area contributed by atoms with Gasteiger partial charge in [0.25, 0.3) is 11.1 Å². The Balaban J connectivity index is 1.75. The molecule has 1 aliphatic rings. The first-order valence-electron chi connectivity index (χ1n) is 8.07. The summed E-state index contributed by atoms with van der Waals surface area (Å²) < 4.78 is 5.05. The number of nitrogens with zero attached hydrogens (tertiary/aromatic N) is 1. The number of amides is 3. The first kappa shape index (κ1) is 19.7. The molecule has 1 N–H and O–H groups in total. The summed E-state index contributed by atoms with van der Waals surface area (Å²) >= 11 is 0.939. The second kappa shape index (κ2) is 9.19. The van der Waals surface area contributed by atoms with E-state index < -0.39 is 18.0 Å². The molecule has 8 heteroatoms. The van der Waals surface area contributed by atoms with E-state index >= 15 is 0 Å². The SMILES string of the molecule is Cc1ccccc1/C=C/C(=O)O[C@H](C)C(=O)NCCN1C(=O)CSC1=O. The molecule has 1 aromatic carbocycles. The Hall–Kier alpha value is -2.61. The third-order valence-electron chi connectivity index (χ3n) is 3.72. The fraction of sp³-hybridized carbons (Fsp3) is 0.333. The lowest BCUT2D eigenvalue weighted by Crippen LogP contribution is -2.41. The van der Waals surface area contributed by atoms with Gasteiger partial charge in [0, 0.05) is 19.2 Å². The molecule has 1 heterocycles. The van der Waals surface area contributed by atoms with Crippen LogP contribution in [-0.4, -0.2) is 52.9 Å². The lowest BCUT2D eigenvalue weighted by molar-refractivity contribution is -0.150. The van der Waals surface area contributed by atoms with Gasteiger partial charge in [-0.1, -0.05) is 36.0 Å². The number of aryl methyl sites for hydroxylation is 1. The fourth-order valence-electron chi connectivity index (χ4n) is 2.23. The van der Waals surface area contributed by atoms with Crippen LogP contribution in [0, 0.1) is 6.92 Å². The van der Waals surface area contributed by atoms with Gasteiger partial charge in [-0.25, -0.2) is 4.79 Å². The van der Waals surface area contributed by atoms with Crippen molar-refractivity contribution in [3.05, 3.63) is 41.5 Å². The zero-order chi connectivity index (χ0) is 19.1. The van der Waals surface area contributed by atoms with Crippen LogP contribution in [0.5, 0.6) is 0 Å². The maximum atomic E-state index is 11.9. The molecule has 3 amide bonds. The molecular formula is C18H20N2O5S. The van der Waals surface area contributed by atoms with Crippen molar-refractivity contribution in [3.8, 4) is 0 Å². The number of ether oxygens (including phenoxy) is 1. The molecule has 7 nitrogen and oxygen atoms in total. The van der Waals surface area contributed by atoms with Gasteiger partial charge in [0.2, 0.25) is 5.91 Å². The molecule has 0 aromatic heterocycles. The number of hydrogen-bond donors (Lipinski definition) is 1. The van der Waals surface area contributed by atoms with Crippen LogP contribution in [0.25, 0.3) is 6.08 Å². The molecule has 0 radical (unpaired) electrons. The minimum atomic E-state index is -0.983. The number of carbonyl (C=O) groups excluding carboxylic acids is 4. The Morgan fingerprint density at radius 2 is 2.08 bits per heavy atom. The highest BCUT2D eigenvalue weighted by atomic mass is 32.2. The standard InChI is InChI=1S/C18H20N2O5S/c1-12-5-3-4-6-14(12)7-8-16(22)25-13(2)17(23)19-9-10-20-15(21)11-26-18(20)24/h3-8,13H,9-11H2,1-2H3,(H,19,23)/b8-7+/t13-/m1/s1. The van der Waals surface area contributed by atoms with E-state index in [2.05, 4.69) is 5.32 Å². The molecule has 1 atom stereocenters. The number of rotatable bonds is 7. The summed E-state index contributed by atoms with van der Waals surface area (Å²) in [5.74, 6) is -1.25. The molecule has 1 fully saturated rings. The van der Waals surface area contributed by atoms with E-state index in [0.29, 0.717) is 0 Å². The molecule has 0 spiro atoms. The predicted octanol–water partition coefficient (Wildman–Crippen LogP) is 1.75. The Labute approximate surface area is 155 Å². The van der Waals surface area contributed by atoms with Crippen molar-refractivity contribution in [1.82, 2.24) is 10.2 Å². The normalized spacial score (nSPS) is 15.4. The van der Waals surface area contributed by atoms with Crippen LogP contribution in [-0.2, 0) is 19.1 Å². The first-order valence-corrected chi connectivity index (χ1v) is 9.06. The van der Waals surface area contributed by atoms with E-state index in [9.17, 15) is 19.2 Å². The first-order chi connectivity index (χ1) is 12.4. The van der Waals surface area contributed by atoms with Gasteiger partial charge in [-0.05, 0) is 31.1 Å². The van der Waals surface area contributed by atoms with Crippen LogP contribution in [0.4, 0.5) is 4.79 Å². The lowest BCUT2D eigenvalue weighted by Gasteiger charge is -2.15. The van der Waals surface area contributed by atoms with Gasteiger partial charge in [0.15, 0.2) is 6.10 Å². The van der Waals surface area contributed by atoms with Crippen molar-refractivity contribution in [2.45, 2.75) is 20.0 Å². The molecule has 0 aliphatic carbocycles. The zero-order valence-corrected chi connectivity index (χ0v) is 15.4. The van der Waals surface area contributed by atoms with Crippen molar-refractivity contribution in [2.75, 3.05) is 18.8 Å². The van der Waals surface area contributed by atoms with Crippen molar-refractivity contribution in [3.63, 3.8) is 0 Å². The van der Waals surface area contributed by atoms with Crippen molar-refractivity contribution in [1.29, 1.82) is 0 Å². The Morgan fingerprint density at radius 1 is 1.35 bits per heavy atom. The van der Waals surface area contributed by atoms with Crippen molar-refractivity contribution >= 4 is 40.9 Å². The highest BCUT2D eigenvalue weighted by Gasteiger charge is 2.29. The predicted molar refractivity (Wildman–Crippen MR) is 98.3 cm³/mol. The number of hydrogen-bond acceptors (Lipinski definition) is 6. The minimum Gasteiger partial charge on any atom is -0.449 e. The third kappa shape index (κ3) is 5.45. The molecule has 0 unspecified atom stereocenters. The topological polar surface area (TPSA) is 92.8 Å². The quantitative estimate of drug-likeness (QED) is 0.576. The number of benzene rings is 1. The molecule has 138 valence electrons. The lowest BCUT2D eigenvalue weighted by atomic mass is 10.1. The van der Waals surface area contributed by atoms with E-state index in [1.165, 1.54) is 13.0 Å². The van der Waals surface area contributed by atoms with Crippen LogP contribution in [0.2, 0.25) is 0 Å². The number of nitrogens with one attached hydrogen (secondary N) is 1. The average molecular weight is 376 g/mol. The van der Waals surface area contributed by atoms with Crippen LogP contribution in [0.15, 0.2) is 30.3 Å². The maximum Gasteiger partial charge on any atom is 0.331 e. The maximum absolute atomic E-state index is 11.9. The summed E-state index contributed by atoms with van der Waals surface area (Å²) in [4.78, 5) is 47.7. The fourth-order valence-corrected chi connectivity index (χ4v) is 2.98. The molecule has 1 aromatic rings. The van der Waals surface area contributed by atoms with Gasteiger partial charge in [0.05, 0.1) is 5.75 Å². The van der Waals surface area contributed by atoms with E-state index in [4.69, 9.17) is 4.74 Å². The summed E-state index contributed by atoms with van der Waals surface area (Å²) in [6, 6.07) is 7.56. The number of thioether (sulfide) groups is 1. The van der Waals surface area contributed by atoms with Gasteiger partial charge in [-0.15, -0.1) is 0 Å². The molecule has 26 heavy (non-hydrogen) atoms. The van der Waals surface area contributed by atoms with Crippen LogP contribution < -0.4 is 5.32 Å². The van der Waals surface area contributed by atoms with Crippen LogP contribution in [0.3, 0.4) is 0 Å². The average Bonchev–Trinajstić information content (AvgIpc) is 2.92. The summed E-state index contributed by atoms with van der Waals surface area (Å²) in [6.07, 6.45) is 1.92. The zero-order valence-electron chi connectivity index (χ0n) is 14.6. The number of esters is 1. The van der Waals surface area contributed by atoms with Gasteiger partial charge >= 0.3 is 5.97 Å². The Morgan fingerprint density at radius 3 is 2.73 bits per heavy atom. The van der Waals surface area contributed by atoms with E-state index in [1.807, 2.05) is 31.2 Å². The summed E-state index contributed by atoms with van der Waals surface area (Å²) in [5.41, 5.74) is 1.91. The van der Waals surface area contributed by atoms with Crippen LogP contribution in [0.1, 0.15) is 18.1 Å². The third-order valence-corrected chi connectivity index (χ3v) is 4.58. The van der Waals surface area contributed by atoms with Gasteiger partial charge in [-0.3, -0.25) is 19.3 Å². The van der Waals surface area contributed by atoms with E-state index in [1.54, 1.807) is 6.08 Å².